The standard InChI is InChI=1S/C48H26N4O/c1-2-13-29-25-30(22-21-27(29)11-1)43-47-44(34-17-7-10-20-40(34)53-47)50-48(49-43)51-38-19-9-6-16-33(38)41-39(51)26-36-32-15-5-8-18-37(32)52-45-31-14-4-3-12-28(31)23-24-35(45)42(41)46(36)52/h1-26H. The molecule has 53 heavy (non-hydrogen) atoms. The van der Waals surface area contributed by atoms with Crippen molar-refractivity contribution in [2.24, 2.45) is 0 Å². The fourth-order valence-electron chi connectivity index (χ4n) is 9.19. The first-order valence-electron chi connectivity index (χ1n) is 18.0. The Morgan fingerprint density at radius 1 is 0.434 bits per heavy atom. The zero-order chi connectivity index (χ0) is 34.4. The average Bonchev–Trinajstić information content (AvgIpc) is 3.95. The lowest BCUT2D eigenvalue weighted by molar-refractivity contribution is 0.666. The van der Waals surface area contributed by atoms with E-state index >= 15 is 0 Å². The van der Waals surface area contributed by atoms with E-state index in [4.69, 9.17) is 14.4 Å². The van der Waals surface area contributed by atoms with Gasteiger partial charge in [-0.25, -0.2) is 9.97 Å². The van der Waals surface area contributed by atoms with E-state index in [2.05, 4.69) is 148 Å². The highest BCUT2D eigenvalue weighted by atomic mass is 16.3. The van der Waals surface area contributed by atoms with Gasteiger partial charge in [0.2, 0.25) is 5.95 Å². The summed E-state index contributed by atoms with van der Waals surface area (Å²) in [6.45, 7) is 0. The molecule has 13 aromatic rings. The number of benzene rings is 8. The highest BCUT2D eigenvalue weighted by molar-refractivity contribution is 6.37. The van der Waals surface area contributed by atoms with E-state index in [1.165, 1.54) is 65.0 Å². The molecule has 0 aliphatic rings. The van der Waals surface area contributed by atoms with E-state index in [1.54, 1.807) is 0 Å². The first-order chi connectivity index (χ1) is 26.3. The highest BCUT2D eigenvalue weighted by Gasteiger charge is 2.26. The van der Waals surface area contributed by atoms with Gasteiger partial charge < -0.3 is 8.82 Å². The molecule has 0 fully saturated rings. The van der Waals surface area contributed by atoms with E-state index in [0.29, 0.717) is 11.5 Å². The molecule has 5 nitrogen and oxygen atoms in total. The maximum atomic E-state index is 6.57. The Kier molecular flexibility index (Phi) is 5.06. The Morgan fingerprint density at radius 2 is 1.13 bits per heavy atom. The molecule has 13 rings (SSSR count). The summed E-state index contributed by atoms with van der Waals surface area (Å²) in [7, 11) is 0. The third-order valence-corrected chi connectivity index (χ3v) is 11.4. The minimum absolute atomic E-state index is 0.616. The summed E-state index contributed by atoms with van der Waals surface area (Å²) in [6, 6.07) is 56.3. The SMILES string of the molecule is c1ccc2cc(-c3nc(-n4c5ccccc5c5c6c7ccc8ccccc8c7n7c8ccccc8c(cc54)c67)nc4c3oc3ccccc34)ccc2c1. The van der Waals surface area contributed by atoms with Crippen molar-refractivity contribution < 1.29 is 4.42 Å². The smallest absolute Gasteiger partial charge is 0.236 e. The molecule has 0 saturated heterocycles. The van der Waals surface area contributed by atoms with Gasteiger partial charge in [-0.05, 0) is 52.6 Å². The van der Waals surface area contributed by atoms with Gasteiger partial charge in [0.15, 0.2) is 5.58 Å². The van der Waals surface area contributed by atoms with Crippen LogP contribution in [0.15, 0.2) is 162 Å². The van der Waals surface area contributed by atoms with Gasteiger partial charge in [-0.2, -0.15) is 0 Å². The van der Waals surface area contributed by atoms with Gasteiger partial charge in [0.25, 0.3) is 0 Å². The van der Waals surface area contributed by atoms with Crippen molar-refractivity contribution in [3.8, 4) is 17.2 Å². The van der Waals surface area contributed by atoms with E-state index < -0.39 is 0 Å². The number of nitrogens with zero attached hydrogens (tertiary/aromatic N) is 4. The second-order valence-corrected chi connectivity index (χ2v) is 14.1. The third-order valence-electron chi connectivity index (χ3n) is 11.4. The molecule has 0 bridgehead atoms. The molecule has 5 heteroatoms. The lowest BCUT2D eigenvalue weighted by Gasteiger charge is -2.10. The molecule has 0 saturated carbocycles. The van der Waals surface area contributed by atoms with Crippen LogP contribution in [-0.4, -0.2) is 18.9 Å². The molecular formula is C48H26N4O. The maximum Gasteiger partial charge on any atom is 0.236 e. The van der Waals surface area contributed by atoms with Crippen LogP contribution in [0.25, 0.3) is 121 Å². The van der Waals surface area contributed by atoms with Crippen LogP contribution >= 0.6 is 0 Å². The largest absolute Gasteiger partial charge is 0.452 e. The summed E-state index contributed by atoms with van der Waals surface area (Å²) in [5.74, 6) is 0.616. The summed E-state index contributed by atoms with van der Waals surface area (Å²) in [6.07, 6.45) is 0. The summed E-state index contributed by atoms with van der Waals surface area (Å²) in [5.41, 5.74) is 9.90. The summed E-state index contributed by atoms with van der Waals surface area (Å²) < 4.78 is 11.3. The molecular weight excluding hydrogens is 649 g/mol. The number of hydrogen-bond donors (Lipinski definition) is 0. The van der Waals surface area contributed by atoms with Crippen LogP contribution in [0.1, 0.15) is 0 Å². The first kappa shape index (κ1) is 27.5. The van der Waals surface area contributed by atoms with Crippen LogP contribution < -0.4 is 0 Å². The Morgan fingerprint density at radius 3 is 2.02 bits per heavy atom. The molecule has 244 valence electrons. The highest BCUT2D eigenvalue weighted by Crippen LogP contribution is 2.48. The minimum Gasteiger partial charge on any atom is -0.452 e. The number of fused-ring (bicyclic) bond motifs is 16. The zero-order valence-electron chi connectivity index (χ0n) is 28.2. The number of furan rings is 1. The minimum atomic E-state index is 0.616. The van der Waals surface area contributed by atoms with Gasteiger partial charge in [0, 0.05) is 48.7 Å². The number of aromatic nitrogens is 4. The number of rotatable bonds is 2. The fraction of sp³-hybridized carbons (Fsp3) is 0. The number of hydrogen-bond acceptors (Lipinski definition) is 3. The van der Waals surface area contributed by atoms with E-state index in [-0.39, 0.29) is 0 Å². The van der Waals surface area contributed by atoms with Gasteiger partial charge in [0.05, 0.1) is 27.6 Å². The van der Waals surface area contributed by atoms with Crippen molar-refractivity contribution >= 4 is 104 Å². The average molecular weight is 675 g/mol. The van der Waals surface area contributed by atoms with Crippen molar-refractivity contribution in [2.45, 2.75) is 0 Å². The van der Waals surface area contributed by atoms with Gasteiger partial charge >= 0.3 is 0 Å². The Hall–Kier alpha value is -7.24. The van der Waals surface area contributed by atoms with E-state index in [1.807, 2.05) is 18.2 Å². The van der Waals surface area contributed by atoms with Crippen LogP contribution in [0.5, 0.6) is 0 Å². The molecule has 0 amide bonds. The molecule has 0 aliphatic heterocycles. The molecule has 5 heterocycles. The van der Waals surface area contributed by atoms with Gasteiger partial charge in [-0.15, -0.1) is 0 Å². The van der Waals surface area contributed by atoms with Crippen LogP contribution in [0.4, 0.5) is 0 Å². The Balaban J connectivity index is 1.24. The number of para-hydroxylation sites is 3. The van der Waals surface area contributed by atoms with Crippen molar-refractivity contribution in [3.05, 3.63) is 158 Å². The van der Waals surface area contributed by atoms with Crippen LogP contribution in [-0.2, 0) is 0 Å². The molecule has 0 atom stereocenters. The molecule has 0 aliphatic carbocycles. The fourth-order valence-corrected chi connectivity index (χ4v) is 9.19. The summed E-state index contributed by atoms with van der Waals surface area (Å²) in [5, 5.41) is 13.1. The summed E-state index contributed by atoms with van der Waals surface area (Å²) in [4.78, 5) is 10.8. The van der Waals surface area contributed by atoms with Gasteiger partial charge in [-0.3, -0.25) is 4.57 Å². The predicted molar refractivity (Wildman–Crippen MR) is 219 cm³/mol. The lowest BCUT2D eigenvalue weighted by Crippen LogP contribution is -2.03. The van der Waals surface area contributed by atoms with E-state index in [9.17, 15) is 0 Å². The Bertz CT molecular complexity index is 3700. The van der Waals surface area contributed by atoms with Crippen molar-refractivity contribution in [2.75, 3.05) is 0 Å². The molecule has 0 N–H and O–H groups in total. The lowest BCUT2D eigenvalue weighted by atomic mass is 10.0. The maximum absolute atomic E-state index is 6.57. The normalized spacial score (nSPS) is 12.5. The second-order valence-electron chi connectivity index (χ2n) is 14.1. The Labute approximate surface area is 300 Å². The van der Waals surface area contributed by atoms with Gasteiger partial charge in [-0.1, -0.05) is 121 Å². The van der Waals surface area contributed by atoms with Gasteiger partial charge in [0.1, 0.15) is 16.8 Å². The van der Waals surface area contributed by atoms with Crippen molar-refractivity contribution in [1.82, 2.24) is 18.9 Å². The predicted octanol–water partition coefficient (Wildman–Crippen LogP) is 12.6. The van der Waals surface area contributed by atoms with Crippen molar-refractivity contribution in [3.63, 3.8) is 0 Å². The second kappa shape index (κ2) is 9.75. The van der Waals surface area contributed by atoms with Crippen molar-refractivity contribution in [1.29, 1.82) is 0 Å². The molecule has 0 spiro atoms. The molecule has 8 aromatic carbocycles. The topological polar surface area (TPSA) is 48.3 Å². The molecule has 5 aromatic heterocycles. The first-order valence-corrected chi connectivity index (χ1v) is 18.0. The third kappa shape index (κ3) is 3.46. The zero-order valence-corrected chi connectivity index (χ0v) is 28.2. The monoisotopic (exact) mass is 674 g/mol. The van der Waals surface area contributed by atoms with Crippen LogP contribution in [0.3, 0.4) is 0 Å². The molecule has 0 unspecified atom stereocenters. The summed E-state index contributed by atoms with van der Waals surface area (Å²) >= 11 is 0. The van der Waals surface area contributed by atoms with Crippen LogP contribution in [0, 0.1) is 0 Å². The van der Waals surface area contributed by atoms with Crippen LogP contribution in [0.2, 0.25) is 0 Å². The van der Waals surface area contributed by atoms with E-state index in [0.717, 1.165) is 44.2 Å². The quantitative estimate of drug-likeness (QED) is 0.183. The molecule has 0 radical (unpaired) electrons.